The predicted octanol–water partition coefficient (Wildman–Crippen LogP) is 2.25. The van der Waals surface area contributed by atoms with Gasteiger partial charge in [-0.05, 0) is 25.2 Å². The van der Waals surface area contributed by atoms with Gasteiger partial charge in [0.2, 0.25) is 0 Å². The van der Waals surface area contributed by atoms with Gasteiger partial charge in [0.25, 0.3) is 5.56 Å². The lowest BCUT2D eigenvalue weighted by atomic mass is 10.1. The predicted molar refractivity (Wildman–Crippen MR) is 72.2 cm³/mol. The first kappa shape index (κ1) is 13.9. The van der Waals surface area contributed by atoms with E-state index in [4.69, 9.17) is 5.73 Å². The van der Waals surface area contributed by atoms with E-state index in [-0.39, 0.29) is 5.56 Å². The largest absolute Gasteiger partial charge is 0.393 e. The summed E-state index contributed by atoms with van der Waals surface area (Å²) in [5.41, 5.74) is 7.30. The lowest BCUT2D eigenvalue weighted by molar-refractivity contribution is 0.391. The van der Waals surface area contributed by atoms with Crippen LogP contribution in [0.2, 0.25) is 0 Å². The van der Waals surface area contributed by atoms with E-state index < -0.39 is 0 Å². The van der Waals surface area contributed by atoms with Gasteiger partial charge in [0.1, 0.15) is 5.69 Å². The topological polar surface area (TPSA) is 52.9 Å². The highest BCUT2D eigenvalue weighted by molar-refractivity contribution is 5.41. The molecule has 0 spiro atoms. The first-order valence-electron chi connectivity index (χ1n) is 6.60. The Morgan fingerprint density at radius 1 is 1.18 bits per heavy atom. The highest BCUT2D eigenvalue weighted by atomic mass is 16.1. The normalized spacial score (nSPS) is 11.4. The Hall–Kier alpha value is -1.19. The summed E-state index contributed by atoms with van der Waals surface area (Å²) in [6.07, 6.45) is 2.84. The van der Waals surface area contributed by atoms with E-state index in [0.29, 0.717) is 11.6 Å². The minimum Gasteiger partial charge on any atom is -0.393 e. The summed E-state index contributed by atoms with van der Waals surface area (Å²) >= 11 is 0. The van der Waals surface area contributed by atoms with Crippen LogP contribution in [-0.2, 0) is 19.5 Å². The minimum atomic E-state index is -0.0176. The first-order chi connectivity index (χ1) is 8.02. The number of nitrogens with two attached hydrogens (primary N) is 1. The van der Waals surface area contributed by atoms with Crippen molar-refractivity contribution in [2.24, 2.45) is 5.92 Å². The third-order valence-electron chi connectivity index (χ3n) is 3.07. The lowest BCUT2D eigenvalue weighted by Gasteiger charge is -2.14. The standard InChI is InChI=1S/C13H25N3O/c1-5-8-15-11(6-2)12(14)13(17)16(15)9-7-10(3)4/h10H,5-9,14H2,1-4H3. The molecule has 17 heavy (non-hydrogen) atoms. The molecule has 0 bridgehead atoms. The summed E-state index contributed by atoms with van der Waals surface area (Å²) in [5, 5.41) is 0. The maximum absolute atomic E-state index is 12.1. The van der Waals surface area contributed by atoms with Crippen LogP contribution < -0.4 is 11.3 Å². The second-order valence-electron chi connectivity index (χ2n) is 4.95. The van der Waals surface area contributed by atoms with E-state index >= 15 is 0 Å². The minimum absolute atomic E-state index is 0.0176. The number of hydrogen-bond donors (Lipinski definition) is 1. The van der Waals surface area contributed by atoms with Gasteiger partial charge in [0, 0.05) is 13.1 Å². The van der Waals surface area contributed by atoms with Crippen molar-refractivity contribution in [3.05, 3.63) is 16.0 Å². The molecular weight excluding hydrogens is 214 g/mol. The molecule has 0 saturated carbocycles. The lowest BCUT2D eigenvalue weighted by Crippen LogP contribution is -2.25. The molecule has 0 aliphatic heterocycles. The molecule has 0 radical (unpaired) electrons. The maximum Gasteiger partial charge on any atom is 0.290 e. The number of anilines is 1. The summed E-state index contributed by atoms with van der Waals surface area (Å²) < 4.78 is 3.89. The van der Waals surface area contributed by atoms with Crippen molar-refractivity contribution in [2.45, 2.75) is 60.0 Å². The molecule has 0 saturated heterocycles. The van der Waals surface area contributed by atoms with E-state index in [9.17, 15) is 4.79 Å². The quantitative estimate of drug-likeness (QED) is 0.827. The smallest absolute Gasteiger partial charge is 0.290 e. The third-order valence-corrected chi connectivity index (χ3v) is 3.07. The molecule has 0 amide bonds. The molecule has 0 atom stereocenters. The summed E-state index contributed by atoms with van der Waals surface area (Å²) in [7, 11) is 0. The second kappa shape index (κ2) is 5.94. The van der Waals surface area contributed by atoms with E-state index in [1.165, 1.54) is 0 Å². The van der Waals surface area contributed by atoms with Gasteiger partial charge in [0.05, 0.1) is 5.69 Å². The van der Waals surface area contributed by atoms with Gasteiger partial charge in [-0.25, -0.2) is 4.68 Å². The number of hydrogen-bond acceptors (Lipinski definition) is 2. The molecule has 0 aromatic carbocycles. The Morgan fingerprint density at radius 3 is 2.29 bits per heavy atom. The monoisotopic (exact) mass is 239 g/mol. The molecule has 1 aromatic heterocycles. The van der Waals surface area contributed by atoms with Crippen LogP contribution in [0.1, 0.15) is 46.2 Å². The van der Waals surface area contributed by atoms with E-state index in [2.05, 4.69) is 25.5 Å². The highest BCUT2D eigenvalue weighted by Gasteiger charge is 2.15. The molecule has 2 N–H and O–H groups in total. The summed E-state index contributed by atoms with van der Waals surface area (Å²) in [5.74, 6) is 0.596. The molecule has 98 valence electrons. The fourth-order valence-electron chi connectivity index (χ4n) is 2.10. The van der Waals surface area contributed by atoms with Gasteiger partial charge >= 0.3 is 0 Å². The Morgan fingerprint density at radius 2 is 1.82 bits per heavy atom. The summed E-state index contributed by atoms with van der Waals surface area (Å²) in [6, 6.07) is 0. The average molecular weight is 239 g/mol. The Labute approximate surface area is 103 Å². The molecule has 1 heterocycles. The molecule has 0 aliphatic carbocycles. The van der Waals surface area contributed by atoms with Crippen molar-refractivity contribution in [3.8, 4) is 0 Å². The number of rotatable bonds is 6. The van der Waals surface area contributed by atoms with Crippen LogP contribution in [0.25, 0.3) is 0 Å². The first-order valence-corrected chi connectivity index (χ1v) is 6.60. The third kappa shape index (κ3) is 2.93. The molecule has 0 unspecified atom stereocenters. The van der Waals surface area contributed by atoms with Crippen LogP contribution >= 0.6 is 0 Å². The molecule has 1 aromatic rings. The second-order valence-corrected chi connectivity index (χ2v) is 4.95. The van der Waals surface area contributed by atoms with E-state index in [1.54, 1.807) is 0 Å². The Kier molecular flexibility index (Phi) is 4.85. The summed E-state index contributed by atoms with van der Waals surface area (Å²) in [4.78, 5) is 12.1. The van der Waals surface area contributed by atoms with Crippen molar-refractivity contribution in [1.82, 2.24) is 9.36 Å². The van der Waals surface area contributed by atoms with Crippen molar-refractivity contribution >= 4 is 5.69 Å². The zero-order valence-corrected chi connectivity index (χ0v) is 11.5. The molecule has 0 aliphatic rings. The van der Waals surface area contributed by atoms with Gasteiger partial charge in [-0.2, -0.15) is 0 Å². The maximum atomic E-state index is 12.1. The molecule has 4 heteroatoms. The van der Waals surface area contributed by atoms with Crippen LogP contribution in [0, 0.1) is 5.92 Å². The zero-order chi connectivity index (χ0) is 13.0. The van der Waals surface area contributed by atoms with Gasteiger partial charge in [-0.3, -0.25) is 9.48 Å². The Bertz CT molecular complexity index is 415. The highest BCUT2D eigenvalue weighted by Crippen LogP contribution is 2.12. The van der Waals surface area contributed by atoms with Crippen LogP contribution in [-0.4, -0.2) is 9.36 Å². The molecule has 4 nitrogen and oxygen atoms in total. The number of aromatic nitrogens is 2. The molecule has 1 rings (SSSR count). The van der Waals surface area contributed by atoms with Gasteiger partial charge in [-0.1, -0.05) is 27.7 Å². The molecule has 0 fully saturated rings. The summed E-state index contributed by atoms with van der Waals surface area (Å²) in [6.45, 7) is 10.1. The fourth-order valence-corrected chi connectivity index (χ4v) is 2.10. The fraction of sp³-hybridized carbons (Fsp3) is 0.769. The van der Waals surface area contributed by atoms with Crippen molar-refractivity contribution in [2.75, 3.05) is 5.73 Å². The van der Waals surface area contributed by atoms with Crippen molar-refractivity contribution < 1.29 is 0 Å². The van der Waals surface area contributed by atoms with E-state index in [0.717, 1.165) is 38.0 Å². The number of nitrogens with zero attached hydrogens (tertiary/aromatic N) is 2. The van der Waals surface area contributed by atoms with Gasteiger partial charge < -0.3 is 5.73 Å². The van der Waals surface area contributed by atoms with Crippen LogP contribution in [0.3, 0.4) is 0 Å². The van der Waals surface area contributed by atoms with Crippen LogP contribution in [0.5, 0.6) is 0 Å². The van der Waals surface area contributed by atoms with Crippen molar-refractivity contribution in [3.63, 3.8) is 0 Å². The average Bonchev–Trinajstić information content (AvgIpc) is 2.50. The Balaban J connectivity index is 3.12. The number of nitrogen functional groups attached to an aromatic ring is 1. The van der Waals surface area contributed by atoms with Crippen LogP contribution in [0.4, 0.5) is 5.69 Å². The van der Waals surface area contributed by atoms with E-state index in [1.807, 2.05) is 11.6 Å². The zero-order valence-electron chi connectivity index (χ0n) is 11.5. The SMILES string of the molecule is CCCn1c(CC)c(N)c(=O)n1CCC(C)C. The van der Waals surface area contributed by atoms with Gasteiger partial charge in [-0.15, -0.1) is 0 Å². The molecular formula is C13H25N3O. The van der Waals surface area contributed by atoms with Crippen molar-refractivity contribution in [1.29, 1.82) is 0 Å². The van der Waals surface area contributed by atoms with Gasteiger partial charge in [0.15, 0.2) is 0 Å². The van der Waals surface area contributed by atoms with Crippen LogP contribution in [0.15, 0.2) is 4.79 Å².